The van der Waals surface area contributed by atoms with E-state index < -0.39 is 0 Å². The van der Waals surface area contributed by atoms with Crippen molar-refractivity contribution in [1.29, 1.82) is 0 Å². The summed E-state index contributed by atoms with van der Waals surface area (Å²) in [6.07, 6.45) is 9.77. The normalized spacial score (nSPS) is 20.7. The molecule has 1 unspecified atom stereocenters. The van der Waals surface area contributed by atoms with Crippen molar-refractivity contribution in [3.8, 4) is 0 Å². The Morgan fingerprint density at radius 1 is 1.23 bits per heavy atom. The summed E-state index contributed by atoms with van der Waals surface area (Å²) in [5.74, 6) is 0.817. The number of hydrogen-bond donors (Lipinski definition) is 1. The minimum absolute atomic E-state index is 0.539. The molecule has 72 valence electrons. The van der Waals surface area contributed by atoms with E-state index in [-0.39, 0.29) is 0 Å². The first-order valence-electron chi connectivity index (χ1n) is 5.24. The number of aromatic nitrogens is 1. The van der Waals surface area contributed by atoms with Crippen LogP contribution in [-0.2, 0) is 0 Å². The van der Waals surface area contributed by atoms with E-state index in [2.05, 4.69) is 29.1 Å². The standard InChI is InChI=1S/C11H18N2/c12-9-11(10-5-1-2-6-10)13-7-3-4-8-13/h3-4,7-8,10-11H,1-2,5-6,9,12H2. The summed E-state index contributed by atoms with van der Waals surface area (Å²) in [5.41, 5.74) is 5.82. The van der Waals surface area contributed by atoms with Crippen LogP contribution in [-0.4, -0.2) is 11.1 Å². The minimum atomic E-state index is 0.539. The van der Waals surface area contributed by atoms with Gasteiger partial charge >= 0.3 is 0 Å². The molecule has 0 bridgehead atoms. The molecule has 1 aromatic heterocycles. The first-order chi connectivity index (χ1) is 6.42. The quantitative estimate of drug-likeness (QED) is 0.755. The second kappa shape index (κ2) is 3.97. The maximum Gasteiger partial charge on any atom is 0.0481 e. The summed E-state index contributed by atoms with van der Waals surface area (Å²) in [4.78, 5) is 0. The minimum Gasteiger partial charge on any atom is -0.350 e. The van der Waals surface area contributed by atoms with Crippen LogP contribution in [0, 0.1) is 5.92 Å². The zero-order valence-corrected chi connectivity index (χ0v) is 8.02. The second-order valence-corrected chi connectivity index (χ2v) is 3.98. The molecule has 2 nitrogen and oxygen atoms in total. The van der Waals surface area contributed by atoms with Crippen molar-refractivity contribution >= 4 is 0 Å². The Kier molecular flexibility index (Phi) is 2.69. The maximum absolute atomic E-state index is 5.82. The van der Waals surface area contributed by atoms with Gasteiger partial charge in [0.15, 0.2) is 0 Å². The molecule has 1 fully saturated rings. The molecule has 0 aliphatic heterocycles. The molecular weight excluding hydrogens is 160 g/mol. The van der Waals surface area contributed by atoms with Crippen LogP contribution < -0.4 is 5.73 Å². The number of nitrogens with zero attached hydrogens (tertiary/aromatic N) is 1. The third kappa shape index (κ3) is 1.78. The van der Waals surface area contributed by atoms with Gasteiger partial charge in [-0.1, -0.05) is 12.8 Å². The molecular formula is C11H18N2. The molecule has 1 aliphatic carbocycles. The summed E-state index contributed by atoms with van der Waals surface area (Å²) < 4.78 is 2.27. The Morgan fingerprint density at radius 3 is 2.38 bits per heavy atom. The van der Waals surface area contributed by atoms with Gasteiger partial charge in [-0.05, 0) is 30.9 Å². The van der Waals surface area contributed by atoms with Crippen LogP contribution in [0.25, 0.3) is 0 Å². The third-order valence-corrected chi connectivity index (χ3v) is 3.20. The van der Waals surface area contributed by atoms with E-state index >= 15 is 0 Å². The fourth-order valence-electron chi connectivity index (χ4n) is 2.47. The summed E-state index contributed by atoms with van der Waals surface area (Å²) in [5, 5.41) is 0. The van der Waals surface area contributed by atoms with Crippen molar-refractivity contribution < 1.29 is 0 Å². The monoisotopic (exact) mass is 178 g/mol. The molecule has 0 aromatic carbocycles. The zero-order valence-electron chi connectivity index (χ0n) is 8.02. The predicted octanol–water partition coefficient (Wildman–Crippen LogP) is 2.18. The van der Waals surface area contributed by atoms with Gasteiger partial charge in [0.2, 0.25) is 0 Å². The molecule has 0 amide bonds. The smallest absolute Gasteiger partial charge is 0.0481 e. The van der Waals surface area contributed by atoms with Gasteiger partial charge in [0.05, 0.1) is 0 Å². The van der Waals surface area contributed by atoms with Crippen LogP contribution >= 0.6 is 0 Å². The van der Waals surface area contributed by atoms with Crippen molar-refractivity contribution in [3.05, 3.63) is 24.5 Å². The van der Waals surface area contributed by atoms with Crippen LogP contribution in [0.1, 0.15) is 31.7 Å². The van der Waals surface area contributed by atoms with Crippen molar-refractivity contribution in [2.45, 2.75) is 31.7 Å². The van der Waals surface area contributed by atoms with Gasteiger partial charge in [0, 0.05) is 25.0 Å². The van der Waals surface area contributed by atoms with Crippen LogP contribution in [0.5, 0.6) is 0 Å². The molecule has 1 heterocycles. The SMILES string of the molecule is NCC(C1CCCC1)n1cccc1. The van der Waals surface area contributed by atoms with Gasteiger partial charge < -0.3 is 10.3 Å². The highest BCUT2D eigenvalue weighted by Crippen LogP contribution is 2.33. The zero-order chi connectivity index (χ0) is 9.10. The fraction of sp³-hybridized carbons (Fsp3) is 0.636. The van der Waals surface area contributed by atoms with Gasteiger partial charge in [-0.2, -0.15) is 0 Å². The van der Waals surface area contributed by atoms with Crippen molar-refractivity contribution in [2.75, 3.05) is 6.54 Å². The van der Waals surface area contributed by atoms with E-state index in [4.69, 9.17) is 5.73 Å². The van der Waals surface area contributed by atoms with Gasteiger partial charge in [0.25, 0.3) is 0 Å². The van der Waals surface area contributed by atoms with Gasteiger partial charge in [0.1, 0.15) is 0 Å². The van der Waals surface area contributed by atoms with E-state index in [9.17, 15) is 0 Å². The largest absolute Gasteiger partial charge is 0.350 e. The van der Waals surface area contributed by atoms with Crippen LogP contribution in [0.15, 0.2) is 24.5 Å². The lowest BCUT2D eigenvalue weighted by molar-refractivity contribution is 0.343. The van der Waals surface area contributed by atoms with Crippen molar-refractivity contribution in [1.82, 2.24) is 4.57 Å². The highest BCUT2D eigenvalue weighted by molar-refractivity contribution is 4.95. The van der Waals surface area contributed by atoms with E-state index in [0.717, 1.165) is 12.5 Å². The molecule has 1 aromatic rings. The Balaban J connectivity index is 2.08. The van der Waals surface area contributed by atoms with Gasteiger partial charge in [-0.25, -0.2) is 0 Å². The molecule has 13 heavy (non-hydrogen) atoms. The first kappa shape index (κ1) is 8.82. The lowest BCUT2D eigenvalue weighted by atomic mass is 9.98. The van der Waals surface area contributed by atoms with Crippen LogP contribution in [0.3, 0.4) is 0 Å². The molecule has 2 N–H and O–H groups in total. The average molecular weight is 178 g/mol. The molecule has 1 saturated carbocycles. The lowest BCUT2D eigenvalue weighted by Gasteiger charge is -2.23. The number of rotatable bonds is 3. The summed E-state index contributed by atoms with van der Waals surface area (Å²) in [6.45, 7) is 0.777. The van der Waals surface area contributed by atoms with Crippen molar-refractivity contribution in [3.63, 3.8) is 0 Å². The molecule has 2 rings (SSSR count). The van der Waals surface area contributed by atoms with E-state index in [1.54, 1.807) is 0 Å². The van der Waals surface area contributed by atoms with E-state index in [0.29, 0.717) is 6.04 Å². The molecule has 2 heteroatoms. The highest BCUT2D eigenvalue weighted by atomic mass is 15.0. The van der Waals surface area contributed by atoms with Gasteiger partial charge in [-0.15, -0.1) is 0 Å². The molecule has 1 atom stereocenters. The number of hydrogen-bond acceptors (Lipinski definition) is 1. The van der Waals surface area contributed by atoms with E-state index in [1.165, 1.54) is 25.7 Å². The maximum atomic E-state index is 5.82. The van der Waals surface area contributed by atoms with Crippen LogP contribution in [0.4, 0.5) is 0 Å². The lowest BCUT2D eigenvalue weighted by Crippen LogP contribution is -2.24. The fourth-order valence-corrected chi connectivity index (χ4v) is 2.47. The highest BCUT2D eigenvalue weighted by Gasteiger charge is 2.24. The molecule has 0 saturated heterocycles. The average Bonchev–Trinajstić information content (AvgIpc) is 2.76. The van der Waals surface area contributed by atoms with E-state index in [1.807, 2.05) is 0 Å². The summed E-state index contributed by atoms with van der Waals surface area (Å²) in [7, 11) is 0. The molecule has 0 radical (unpaired) electrons. The molecule has 0 spiro atoms. The number of nitrogens with two attached hydrogens (primary N) is 1. The van der Waals surface area contributed by atoms with Crippen molar-refractivity contribution in [2.24, 2.45) is 11.7 Å². The Labute approximate surface area is 79.7 Å². The summed E-state index contributed by atoms with van der Waals surface area (Å²) in [6, 6.07) is 4.70. The Morgan fingerprint density at radius 2 is 1.85 bits per heavy atom. The molecule has 1 aliphatic rings. The van der Waals surface area contributed by atoms with Crippen LogP contribution in [0.2, 0.25) is 0 Å². The first-order valence-corrected chi connectivity index (χ1v) is 5.24. The summed E-state index contributed by atoms with van der Waals surface area (Å²) >= 11 is 0. The Hall–Kier alpha value is -0.760. The third-order valence-electron chi connectivity index (χ3n) is 3.20. The Bertz CT molecular complexity index is 235. The second-order valence-electron chi connectivity index (χ2n) is 3.98. The predicted molar refractivity (Wildman–Crippen MR) is 54.5 cm³/mol. The topological polar surface area (TPSA) is 30.9 Å². The van der Waals surface area contributed by atoms with Gasteiger partial charge in [-0.3, -0.25) is 0 Å².